The predicted molar refractivity (Wildman–Crippen MR) is 180 cm³/mol. The van der Waals surface area contributed by atoms with Crippen LogP contribution in [0.25, 0.3) is 78.1 Å². The number of benzene rings is 6. The van der Waals surface area contributed by atoms with Crippen LogP contribution in [-0.2, 0) is 0 Å². The van der Waals surface area contributed by atoms with E-state index in [9.17, 15) is 0 Å². The summed E-state index contributed by atoms with van der Waals surface area (Å²) < 4.78 is 0. The molecule has 0 radical (unpaired) electrons. The summed E-state index contributed by atoms with van der Waals surface area (Å²) in [4.78, 5) is 19.7. The summed E-state index contributed by atoms with van der Waals surface area (Å²) in [6.45, 7) is 0. The van der Waals surface area contributed by atoms with Crippen molar-refractivity contribution in [3.8, 4) is 56.4 Å². The summed E-state index contributed by atoms with van der Waals surface area (Å²) >= 11 is 0. The van der Waals surface area contributed by atoms with Gasteiger partial charge >= 0.3 is 0 Å². The molecule has 0 fully saturated rings. The van der Waals surface area contributed by atoms with Gasteiger partial charge in [-0.3, -0.25) is 4.98 Å². The summed E-state index contributed by atoms with van der Waals surface area (Å²) in [5.74, 6) is 1.85. The molecule has 0 saturated carbocycles. The van der Waals surface area contributed by atoms with E-state index >= 15 is 0 Å². The van der Waals surface area contributed by atoms with Gasteiger partial charge in [-0.05, 0) is 63.4 Å². The second-order valence-electron chi connectivity index (χ2n) is 10.8. The first-order valence-electron chi connectivity index (χ1n) is 14.6. The molecule has 0 aliphatic heterocycles. The van der Waals surface area contributed by atoms with Gasteiger partial charge in [-0.15, -0.1) is 0 Å². The highest BCUT2D eigenvalue weighted by molar-refractivity contribution is 5.98. The van der Waals surface area contributed by atoms with E-state index in [4.69, 9.17) is 19.9 Å². The molecule has 8 rings (SSSR count). The third kappa shape index (κ3) is 4.89. The normalized spacial score (nSPS) is 11.2. The van der Waals surface area contributed by atoms with Crippen molar-refractivity contribution in [3.63, 3.8) is 0 Å². The molecule has 6 aromatic carbocycles. The zero-order valence-corrected chi connectivity index (χ0v) is 23.8. The van der Waals surface area contributed by atoms with E-state index in [0.29, 0.717) is 17.5 Å². The first kappa shape index (κ1) is 25.7. The molecule has 0 spiro atoms. The summed E-state index contributed by atoms with van der Waals surface area (Å²) in [5.41, 5.74) is 8.23. The van der Waals surface area contributed by atoms with Crippen LogP contribution in [0.2, 0.25) is 0 Å². The standard InChI is InChI=1S/C40H26N4/c1-4-11-27(12-5-1)30-18-19-32-24-33(21-20-31(32)23-30)35-25-34-17-10-22-41-37(34)36(26-35)40-43-38(28-13-6-2-7-14-28)42-39(44-40)29-15-8-3-9-16-29/h1-26H. The molecule has 2 aromatic heterocycles. The van der Waals surface area contributed by atoms with Gasteiger partial charge in [-0.2, -0.15) is 0 Å². The fraction of sp³-hybridized carbons (Fsp3) is 0. The van der Waals surface area contributed by atoms with Crippen molar-refractivity contribution in [1.82, 2.24) is 19.9 Å². The molecule has 4 heteroatoms. The minimum atomic E-state index is 0.594. The molecule has 0 aliphatic rings. The van der Waals surface area contributed by atoms with Crippen molar-refractivity contribution in [2.45, 2.75) is 0 Å². The summed E-state index contributed by atoms with van der Waals surface area (Å²) in [7, 11) is 0. The van der Waals surface area contributed by atoms with Gasteiger partial charge in [0.15, 0.2) is 17.5 Å². The SMILES string of the molecule is c1ccc(-c2ccc3cc(-c4cc(-c5nc(-c6ccccc6)nc(-c6ccccc6)n5)c5ncccc5c4)ccc3c2)cc1. The van der Waals surface area contributed by atoms with Crippen LogP contribution in [0.15, 0.2) is 158 Å². The van der Waals surface area contributed by atoms with Crippen molar-refractivity contribution in [3.05, 3.63) is 158 Å². The van der Waals surface area contributed by atoms with Crippen LogP contribution in [0.4, 0.5) is 0 Å². The van der Waals surface area contributed by atoms with Gasteiger partial charge in [0.1, 0.15) is 0 Å². The molecule has 0 bridgehead atoms. The van der Waals surface area contributed by atoms with Crippen molar-refractivity contribution in [2.24, 2.45) is 0 Å². The fourth-order valence-corrected chi connectivity index (χ4v) is 5.69. The van der Waals surface area contributed by atoms with Gasteiger partial charge < -0.3 is 0 Å². The monoisotopic (exact) mass is 562 g/mol. The van der Waals surface area contributed by atoms with Crippen LogP contribution >= 0.6 is 0 Å². The highest BCUT2D eigenvalue weighted by Gasteiger charge is 2.16. The zero-order valence-electron chi connectivity index (χ0n) is 23.8. The molecule has 4 nitrogen and oxygen atoms in total. The quantitative estimate of drug-likeness (QED) is 0.209. The lowest BCUT2D eigenvalue weighted by Crippen LogP contribution is -2.01. The predicted octanol–water partition coefficient (Wildman–Crippen LogP) is 9.91. The third-order valence-corrected chi connectivity index (χ3v) is 7.93. The van der Waals surface area contributed by atoms with Gasteiger partial charge in [0.25, 0.3) is 0 Å². The lowest BCUT2D eigenvalue weighted by Gasteiger charge is -2.12. The van der Waals surface area contributed by atoms with E-state index in [1.54, 1.807) is 0 Å². The maximum Gasteiger partial charge on any atom is 0.166 e. The Labute approximate surface area is 255 Å². The molecule has 0 unspecified atom stereocenters. The molecule has 206 valence electrons. The summed E-state index contributed by atoms with van der Waals surface area (Å²) in [6, 6.07) is 52.3. The molecular formula is C40H26N4. The van der Waals surface area contributed by atoms with Crippen LogP contribution in [0.5, 0.6) is 0 Å². The molecular weight excluding hydrogens is 536 g/mol. The minimum Gasteiger partial charge on any atom is -0.255 e. The molecule has 0 saturated heterocycles. The highest BCUT2D eigenvalue weighted by Crippen LogP contribution is 2.35. The Morgan fingerprint density at radius 1 is 0.318 bits per heavy atom. The summed E-state index contributed by atoms with van der Waals surface area (Å²) in [5, 5.41) is 3.42. The second kappa shape index (κ2) is 11.0. The Kier molecular flexibility index (Phi) is 6.43. The van der Waals surface area contributed by atoms with E-state index in [0.717, 1.165) is 38.7 Å². The number of fused-ring (bicyclic) bond motifs is 2. The highest BCUT2D eigenvalue weighted by atomic mass is 15.0. The third-order valence-electron chi connectivity index (χ3n) is 7.93. The van der Waals surface area contributed by atoms with E-state index < -0.39 is 0 Å². The average Bonchev–Trinajstić information content (AvgIpc) is 3.11. The van der Waals surface area contributed by atoms with Crippen molar-refractivity contribution in [1.29, 1.82) is 0 Å². The molecule has 0 amide bonds. The number of aromatic nitrogens is 4. The second-order valence-corrected chi connectivity index (χ2v) is 10.8. The van der Waals surface area contributed by atoms with Crippen LogP contribution in [-0.4, -0.2) is 19.9 Å². The van der Waals surface area contributed by atoms with Crippen molar-refractivity contribution < 1.29 is 0 Å². The molecule has 44 heavy (non-hydrogen) atoms. The minimum absolute atomic E-state index is 0.594. The zero-order chi connectivity index (χ0) is 29.3. The Balaban J connectivity index is 1.29. The first-order valence-corrected chi connectivity index (χ1v) is 14.6. The summed E-state index contributed by atoms with van der Waals surface area (Å²) in [6.07, 6.45) is 1.82. The van der Waals surface area contributed by atoms with E-state index in [1.165, 1.54) is 21.9 Å². The fourth-order valence-electron chi connectivity index (χ4n) is 5.69. The lowest BCUT2D eigenvalue weighted by atomic mass is 9.95. The molecule has 0 aliphatic carbocycles. The lowest BCUT2D eigenvalue weighted by molar-refractivity contribution is 1.07. The first-order chi connectivity index (χ1) is 21.8. The van der Waals surface area contributed by atoms with Crippen LogP contribution in [0, 0.1) is 0 Å². The van der Waals surface area contributed by atoms with Gasteiger partial charge in [0, 0.05) is 28.3 Å². The van der Waals surface area contributed by atoms with Crippen LogP contribution < -0.4 is 0 Å². The number of hydrogen-bond acceptors (Lipinski definition) is 4. The van der Waals surface area contributed by atoms with Gasteiger partial charge in [0.2, 0.25) is 0 Å². The number of pyridine rings is 1. The maximum absolute atomic E-state index is 5.01. The average molecular weight is 563 g/mol. The van der Waals surface area contributed by atoms with Gasteiger partial charge in [0.05, 0.1) is 5.52 Å². The molecule has 8 aromatic rings. The maximum atomic E-state index is 5.01. The van der Waals surface area contributed by atoms with Crippen molar-refractivity contribution >= 4 is 21.7 Å². The number of nitrogens with zero attached hydrogens (tertiary/aromatic N) is 4. The van der Waals surface area contributed by atoms with Gasteiger partial charge in [-0.1, -0.05) is 121 Å². The Morgan fingerprint density at radius 2 is 0.818 bits per heavy atom. The Morgan fingerprint density at radius 3 is 1.41 bits per heavy atom. The largest absolute Gasteiger partial charge is 0.255 e. The van der Waals surface area contributed by atoms with E-state index in [1.807, 2.05) is 79.0 Å². The Bertz CT molecular complexity index is 2210. The molecule has 2 heterocycles. The topological polar surface area (TPSA) is 51.6 Å². The molecule has 0 N–H and O–H groups in total. The van der Waals surface area contributed by atoms with E-state index in [2.05, 4.69) is 78.9 Å². The number of rotatable bonds is 5. The number of hydrogen-bond donors (Lipinski definition) is 0. The van der Waals surface area contributed by atoms with Crippen LogP contribution in [0.1, 0.15) is 0 Å². The van der Waals surface area contributed by atoms with Gasteiger partial charge in [-0.25, -0.2) is 15.0 Å². The smallest absolute Gasteiger partial charge is 0.166 e. The van der Waals surface area contributed by atoms with E-state index in [-0.39, 0.29) is 0 Å². The molecule has 0 atom stereocenters. The van der Waals surface area contributed by atoms with Crippen molar-refractivity contribution in [2.75, 3.05) is 0 Å². The van der Waals surface area contributed by atoms with Crippen LogP contribution in [0.3, 0.4) is 0 Å². The Hall–Kier alpha value is -6.00.